The van der Waals surface area contributed by atoms with E-state index in [1.807, 2.05) is 23.1 Å². The molecule has 1 N–H and O–H groups in total. The number of hydrogen-bond donors (Lipinski definition) is 1. The van der Waals surface area contributed by atoms with Crippen molar-refractivity contribution >= 4 is 5.91 Å². The maximum absolute atomic E-state index is 12.9. The van der Waals surface area contributed by atoms with Gasteiger partial charge in [0.1, 0.15) is 5.75 Å². The van der Waals surface area contributed by atoms with Crippen molar-refractivity contribution in [2.24, 2.45) is 0 Å². The number of nitrogens with zero attached hydrogens (tertiary/aromatic N) is 3. The molecule has 5 nitrogen and oxygen atoms in total. The van der Waals surface area contributed by atoms with Crippen molar-refractivity contribution in [2.45, 2.75) is 38.3 Å². The molecule has 28 heavy (non-hydrogen) atoms. The van der Waals surface area contributed by atoms with Gasteiger partial charge in [0.15, 0.2) is 0 Å². The second-order valence-corrected chi connectivity index (χ2v) is 7.87. The number of benzene rings is 2. The van der Waals surface area contributed by atoms with Gasteiger partial charge < -0.3 is 10.0 Å². The highest BCUT2D eigenvalue weighted by Crippen LogP contribution is 2.31. The summed E-state index contributed by atoms with van der Waals surface area (Å²) in [6.45, 7) is 4.98. The molecule has 1 atom stereocenters. The topological polar surface area (TPSA) is 67.6 Å². The summed E-state index contributed by atoms with van der Waals surface area (Å²) in [5.41, 5.74) is 2.40. The highest BCUT2D eigenvalue weighted by molar-refractivity contribution is 5.96. The molecule has 2 aliphatic rings. The lowest BCUT2D eigenvalue weighted by Gasteiger charge is -2.49. The quantitative estimate of drug-likeness (QED) is 0.890. The van der Waals surface area contributed by atoms with Gasteiger partial charge in [0, 0.05) is 36.3 Å². The fourth-order valence-corrected chi connectivity index (χ4v) is 4.33. The van der Waals surface area contributed by atoms with Crippen molar-refractivity contribution in [1.82, 2.24) is 9.80 Å². The van der Waals surface area contributed by atoms with Gasteiger partial charge in [-0.25, -0.2) is 0 Å². The Morgan fingerprint density at radius 3 is 2.75 bits per heavy atom. The molecule has 0 radical (unpaired) electrons. The average molecular weight is 375 g/mol. The van der Waals surface area contributed by atoms with Crippen LogP contribution in [0.5, 0.6) is 5.75 Å². The Labute approximate surface area is 165 Å². The van der Waals surface area contributed by atoms with Crippen LogP contribution >= 0.6 is 0 Å². The van der Waals surface area contributed by atoms with Crippen LogP contribution in [0.15, 0.2) is 42.5 Å². The minimum absolute atomic E-state index is 0.0266. The van der Waals surface area contributed by atoms with Gasteiger partial charge in [0.2, 0.25) is 0 Å². The van der Waals surface area contributed by atoms with Crippen LogP contribution in [-0.2, 0) is 0 Å². The summed E-state index contributed by atoms with van der Waals surface area (Å²) >= 11 is 0. The lowest BCUT2D eigenvalue weighted by molar-refractivity contribution is 0.00213. The molecular weight excluding hydrogens is 350 g/mol. The molecule has 144 valence electrons. The fraction of sp³-hybridized carbons (Fsp3) is 0.391. The van der Waals surface area contributed by atoms with Crippen LogP contribution in [0, 0.1) is 11.3 Å². The summed E-state index contributed by atoms with van der Waals surface area (Å²) < 4.78 is 0. The number of amides is 1. The predicted molar refractivity (Wildman–Crippen MR) is 108 cm³/mol. The zero-order valence-electron chi connectivity index (χ0n) is 16.1. The van der Waals surface area contributed by atoms with E-state index in [2.05, 4.69) is 17.9 Å². The monoisotopic (exact) mass is 375 g/mol. The smallest absolute Gasteiger partial charge is 0.253 e. The Hall–Kier alpha value is -2.84. The van der Waals surface area contributed by atoms with Crippen LogP contribution in [0.1, 0.15) is 42.1 Å². The first-order valence-corrected chi connectivity index (χ1v) is 9.95. The van der Waals surface area contributed by atoms with Crippen LogP contribution in [0.3, 0.4) is 0 Å². The number of carbonyl (C=O) groups is 1. The Morgan fingerprint density at radius 2 is 2.00 bits per heavy atom. The van der Waals surface area contributed by atoms with Gasteiger partial charge >= 0.3 is 0 Å². The van der Waals surface area contributed by atoms with E-state index in [0.29, 0.717) is 28.8 Å². The third kappa shape index (κ3) is 3.48. The molecule has 2 heterocycles. The molecule has 5 heteroatoms. The third-order valence-electron chi connectivity index (χ3n) is 6.02. The van der Waals surface area contributed by atoms with Crippen molar-refractivity contribution < 1.29 is 9.90 Å². The Kier molecular flexibility index (Phi) is 5.06. The highest BCUT2D eigenvalue weighted by Gasteiger charge is 2.37. The van der Waals surface area contributed by atoms with E-state index in [4.69, 9.17) is 5.26 Å². The molecule has 4 rings (SSSR count). The molecule has 2 aromatic carbocycles. The minimum atomic E-state index is 0.0266. The summed E-state index contributed by atoms with van der Waals surface area (Å²) in [5.74, 6) is 0.130. The number of nitriles is 1. The van der Waals surface area contributed by atoms with E-state index < -0.39 is 0 Å². The summed E-state index contributed by atoms with van der Waals surface area (Å²) in [4.78, 5) is 17.4. The Balaban J connectivity index is 1.48. The average Bonchev–Trinajstić information content (AvgIpc) is 2.68. The molecule has 0 bridgehead atoms. The van der Waals surface area contributed by atoms with E-state index in [9.17, 15) is 9.90 Å². The van der Waals surface area contributed by atoms with Gasteiger partial charge in [0.25, 0.3) is 5.91 Å². The van der Waals surface area contributed by atoms with Crippen LogP contribution < -0.4 is 0 Å². The zero-order valence-corrected chi connectivity index (χ0v) is 16.1. The number of phenols is 1. The second-order valence-electron chi connectivity index (χ2n) is 7.87. The normalized spacial score (nSPS) is 20.4. The van der Waals surface area contributed by atoms with Crippen molar-refractivity contribution in [3.63, 3.8) is 0 Å². The van der Waals surface area contributed by atoms with Crippen molar-refractivity contribution in [3.8, 4) is 22.9 Å². The van der Waals surface area contributed by atoms with Gasteiger partial charge in [-0.05, 0) is 62.2 Å². The highest BCUT2D eigenvalue weighted by atomic mass is 16.3. The largest absolute Gasteiger partial charge is 0.507 e. The predicted octanol–water partition coefficient (Wildman–Crippen LogP) is 3.63. The molecule has 0 saturated carbocycles. The van der Waals surface area contributed by atoms with Crippen molar-refractivity contribution in [2.75, 3.05) is 19.6 Å². The first-order chi connectivity index (χ1) is 13.6. The van der Waals surface area contributed by atoms with E-state index in [1.54, 1.807) is 18.2 Å². The van der Waals surface area contributed by atoms with Gasteiger partial charge in [-0.2, -0.15) is 5.26 Å². The number of likely N-dealkylation sites (tertiary alicyclic amines) is 2. The van der Waals surface area contributed by atoms with Crippen LogP contribution in [-0.4, -0.2) is 52.5 Å². The van der Waals surface area contributed by atoms with E-state index in [1.165, 1.54) is 25.3 Å². The lowest BCUT2D eigenvalue weighted by Crippen LogP contribution is -2.63. The van der Waals surface area contributed by atoms with Gasteiger partial charge in [0.05, 0.1) is 11.6 Å². The van der Waals surface area contributed by atoms with E-state index >= 15 is 0 Å². The Morgan fingerprint density at radius 1 is 1.18 bits per heavy atom. The molecule has 2 aromatic rings. The van der Waals surface area contributed by atoms with Gasteiger partial charge in [-0.1, -0.05) is 18.6 Å². The van der Waals surface area contributed by atoms with Gasteiger partial charge in [-0.15, -0.1) is 0 Å². The standard InChI is InChI=1S/C23H25N3O2/c1-16-5-2-3-10-26(16)20-14-25(15-20)23(28)19-7-4-6-18(12-19)21-11-17(13-24)8-9-22(21)27/h4,6-9,11-12,16,20,27H,2-3,5,10,14-15H2,1H3. The number of hydrogen-bond acceptors (Lipinski definition) is 4. The van der Waals surface area contributed by atoms with Crippen molar-refractivity contribution in [3.05, 3.63) is 53.6 Å². The van der Waals surface area contributed by atoms with Crippen LogP contribution in [0.25, 0.3) is 11.1 Å². The van der Waals surface area contributed by atoms with Crippen LogP contribution in [0.4, 0.5) is 0 Å². The molecule has 0 aliphatic carbocycles. The molecule has 1 unspecified atom stereocenters. The fourth-order valence-electron chi connectivity index (χ4n) is 4.33. The van der Waals surface area contributed by atoms with Crippen LogP contribution in [0.2, 0.25) is 0 Å². The van der Waals surface area contributed by atoms with E-state index in [-0.39, 0.29) is 11.7 Å². The molecule has 0 aromatic heterocycles. The summed E-state index contributed by atoms with van der Waals surface area (Å²) in [5, 5.41) is 19.3. The molecule has 2 aliphatic heterocycles. The number of rotatable bonds is 3. The van der Waals surface area contributed by atoms with Gasteiger partial charge in [-0.3, -0.25) is 9.69 Å². The lowest BCUT2D eigenvalue weighted by atomic mass is 9.96. The SMILES string of the molecule is CC1CCCCN1C1CN(C(=O)c2cccc(-c3cc(C#N)ccc3O)c2)C1. The molecular formula is C23H25N3O2. The molecule has 2 saturated heterocycles. The maximum atomic E-state index is 12.9. The summed E-state index contributed by atoms with van der Waals surface area (Å²) in [6.07, 6.45) is 3.81. The van der Waals surface area contributed by atoms with Crippen molar-refractivity contribution in [1.29, 1.82) is 5.26 Å². The number of phenolic OH excluding ortho intramolecular Hbond substituents is 1. The number of piperidine rings is 1. The first kappa shape index (κ1) is 18.5. The third-order valence-corrected chi connectivity index (χ3v) is 6.02. The summed E-state index contributed by atoms with van der Waals surface area (Å²) in [6, 6.07) is 15.2. The Bertz CT molecular complexity index is 928. The number of carbonyl (C=O) groups excluding carboxylic acids is 1. The minimum Gasteiger partial charge on any atom is -0.507 e. The molecule has 0 spiro atoms. The molecule has 2 fully saturated rings. The second kappa shape index (κ2) is 7.65. The zero-order chi connectivity index (χ0) is 19.7. The summed E-state index contributed by atoms with van der Waals surface area (Å²) in [7, 11) is 0. The number of aromatic hydroxyl groups is 1. The first-order valence-electron chi connectivity index (χ1n) is 9.95. The molecule has 1 amide bonds. The maximum Gasteiger partial charge on any atom is 0.253 e. The van der Waals surface area contributed by atoms with E-state index in [0.717, 1.165) is 25.2 Å².